The van der Waals surface area contributed by atoms with Gasteiger partial charge in [0.15, 0.2) is 0 Å². The number of nitrogens with one attached hydrogen (secondary N) is 1. The fraction of sp³-hybridized carbons (Fsp3) is 0.263. The highest BCUT2D eigenvalue weighted by Crippen LogP contribution is 2.20. The summed E-state index contributed by atoms with van der Waals surface area (Å²) in [6.45, 7) is 1.61. The normalized spacial score (nSPS) is 10.9. The summed E-state index contributed by atoms with van der Waals surface area (Å²) in [4.78, 5) is 24.0. The van der Waals surface area contributed by atoms with Crippen LogP contribution in [0, 0.1) is 0 Å². The number of carbonyl (C=O) groups is 2. The molecule has 2 rings (SSSR count). The topological polar surface area (TPSA) is 92.8 Å². The van der Waals surface area contributed by atoms with E-state index in [2.05, 4.69) is 10.1 Å². The van der Waals surface area contributed by atoms with E-state index in [1.165, 1.54) is 31.4 Å². The average molecular weight is 390 g/mol. The number of ether oxygens (including phenoxy) is 1. The van der Waals surface area contributed by atoms with Crippen LogP contribution in [0.2, 0.25) is 0 Å². The van der Waals surface area contributed by atoms with Gasteiger partial charge in [-0.25, -0.2) is 13.2 Å². The lowest BCUT2D eigenvalue weighted by molar-refractivity contribution is -0.114. The van der Waals surface area contributed by atoms with Gasteiger partial charge in [0, 0.05) is 5.69 Å². The van der Waals surface area contributed by atoms with Crippen molar-refractivity contribution in [3.63, 3.8) is 0 Å². The Bertz CT molecular complexity index is 923. The Hall–Kier alpha value is -2.87. The number of hydrogen-bond acceptors (Lipinski definition) is 5. The zero-order chi connectivity index (χ0) is 20.0. The second-order valence-electron chi connectivity index (χ2n) is 5.91. The van der Waals surface area contributed by atoms with Crippen LogP contribution in [-0.4, -0.2) is 40.2 Å². The summed E-state index contributed by atoms with van der Waals surface area (Å²) in [5.74, 6) is -1.08. The van der Waals surface area contributed by atoms with Crippen LogP contribution in [0.3, 0.4) is 0 Å². The Morgan fingerprint density at radius 1 is 1.11 bits per heavy atom. The van der Waals surface area contributed by atoms with Gasteiger partial charge < -0.3 is 10.1 Å². The molecule has 7 nitrogen and oxygen atoms in total. The Labute approximate surface area is 159 Å². The van der Waals surface area contributed by atoms with E-state index in [1.54, 1.807) is 12.1 Å². The quantitative estimate of drug-likeness (QED) is 0.733. The van der Waals surface area contributed by atoms with Crippen molar-refractivity contribution in [2.75, 3.05) is 29.5 Å². The van der Waals surface area contributed by atoms with Crippen molar-refractivity contribution in [3.05, 3.63) is 59.7 Å². The summed E-state index contributed by atoms with van der Waals surface area (Å²) >= 11 is 0. The SMILES string of the molecule is CCc1ccc(NC(=O)CN(c2cccc(C(=O)OC)c2)S(C)(=O)=O)cc1. The third kappa shape index (κ3) is 5.55. The zero-order valence-electron chi connectivity index (χ0n) is 15.4. The lowest BCUT2D eigenvalue weighted by Gasteiger charge is -2.22. The number of carbonyl (C=O) groups excluding carboxylic acids is 2. The van der Waals surface area contributed by atoms with Gasteiger partial charge in [-0.3, -0.25) is 9.10 Å². The first-order valence-electron chi connectivity index (χ1n) is 8.29. The van der Waals surface area contributed by atoms with E-state index in [9.17, 15) is 18.0 Å². The van der Waals surface area contributed by atoms with E-state index in [0.29, 0.717) is 5.69 Å². The third-order valence-electron chi connectivity index (χ3n) is 3.89. The fourth-order valence-corrected chi connectivity index (χ4v) is 3.31. The third-order valence-corrected chi connectivity index (χ3v) is 5.03. The second-order valence-corrected chi connectivity index (χ2v) is 7.82. The van der Waals surface area contributed by atoms with E-state index in [4.69, 9.17) is 0 Å². The first-order chi connectivity index (χ1) is 12.7. The lowest BCUT2D eigenvalue weighted by atomic mass is 10.1. The molecule has 0 radical (unpaired) electrons. The number of nitrogens with zero attached hydrogens (tertiary/aromatic N) is 1. The number of rotatable bonds is 7. The molecule has 1 amide bonds. The predicted molar refractivity (Wildman–Crippen MR) is 104 cm³/mol. The summed E-state index contributed by atoms with van der Waals surface area (Å²) in [5, 5.41) is 2.68. The minimum absolute atomic E-state index is 0.194. The van der Waals surface area contributed by atoms with Crippen LogP contribution in [0.5, 0.6) is 0 Å². The maximum absolute atomic E-state index is 12.4. The highest BCUT2D eigenvalue weighted by atomic mass is 32.2. The minimum Gasteiger partial charge on any atom is -0.465 e. The molecule has 144 valence electrons. The average Bonchev–Trinajstić information content (AvgIpc) is 2.65. The molecule has 2 aromatic carbocycles. The van der Waals surface area contributed by atoms with Crippen molar-refractivity contribution in [2.45, 2.75) is 13.3 Å². The number of esters is 1. The maximum Gasteiger partial charge on any atom is 0.337 e. The number of benzene rings is 2. The molecule has 0 spiro atoms. The minimum atomic E-state index is -3.74. The smallest absolute Gasteiger partial charge is 0.337 e. The second kappa shape index (κ2) is 8.68. The highest BCUT2D eigenvalue weighted by molar-refractivity contribution is 7.92. The number of methoxy groups -OCH3 is 1. The number of anilines is 2. The summed E-state index contributed by atoms with van der Waals surface area (Å²) in [6.07, 6.45) is 1.88. The van der Waals surface area contributed by atoms with Crippen LogP contribution in [0.1, 0.15) is 22.8 Å². The van der Waals surface area contributed by atoms with Gasteiger partial charge in [0.2, 0.25) is 15.9 Å². The van der Waals surface area contributed by atoms with E-state index in [-0.39, 0.29) is 11.3 Å². The van der Waals surface area contributed by atoms with Crippen LogP contribution in [-0.2, 0) is 26.0 Å². The molecule has 0 saturated heterocycles. The highest BCUT2D eigenvalue weighted by Gasteiger charge is 2.22. The standard InChI is InChI=1S/C19H22N2O5S/c1-4-14-8-10-16(11-9-14)20-18(22)13-21(27(3,24)25)17-7-5-6-15(12-17)19(23)26-2/h5-12H,4,13H2,1-3H3,(H,20,22). The Balaban J connectivity index is 2.22. The molecule has 0 aliphatic rings. The molecule has 27 heavy (non-hydrogen) atoms. The molecular weight excluding hydrogens is 368 g/mol. The van der Waals surface area contributed by atoms with Crippen molar-refractivity contribution >= 4 is 33.3 Å². The Kier molecular flexibility index (Phi) is 6.57. The van der Waals surface area contributed by atoms with Crippen LogP contribution in [0.25, 0.3) is 0 Å². The molecule has 0 aliphatic heterocycles. The van der Waals surface area contributed by atoms with Gasteiger partial charge >= 0.3 is 5.97 Å². The molecule has 1 N–H and O–H groups in total. The lowest BCUT2D eigenvalue weighted by Crippen LogP contribution is -2.37. The summed E-state index contributed by atoms with van der Waals surface area (Å²) in [7, 11) is -2.51. The molecule has 8 heteroatoms. The van der Waals surface area contributed by atoms with E-state index < -0.39 is 28.4 Å². The largest absolute Gasteiger partial charge is 0.465 e. The van der Waals surface area contributed by atoms with E-state index in [0.717, 1.165) is 22.5 Å². The first-order valence-corrected chi connectivity index (χ1v) is 10.1. The predicted octanol–water partition coefficient (Wildman–Crippen LogP) is 2.44. The Morgan fingerprint density at radius 2 is 1.78 bits per heavy atom. The number of hydrogen-bond donors (Lipinski definition) is 1. The molecule has 0 aromatic heterocycles. The number of sulfonamides is 1. The van der Waals surface area contributed by atoms with Crippen molar-refractivity contribution in [1.82, 2.24) is 0 Å². The Morgan fingerprint density at radius 3 is 2.33 bits per heavy atom. The van der Waals surface area contributed by atoms with Gasteiger partial charge in [-0.1, -0.05) is 25.1 Å². The van der Waals surface area contributed by atoms with Crippen molar-refractivity contribution < 1.29 is 22.7 Å². The van der Waals surface area contributed by atoms with Gasteiger partial charge in [-0.05, 0) is 42.3 Å². The van der Waals surface area contributed by atoms with Crippen molar-refractivity contribution in [1.29, 1.82) is 0 Å². The molecule has 0 heterocycles. The molecular formula is C19H22N2O5S. The van der Waals surface area contributed by atoms with Crippen molar-refractivity contribution in [2.24, 2.45) is 0 Å². The molecule has 0 unspecified atom stereocenters. The van der Waals surface area contributed by atoms with Crippen LogP contribution in [0.15, 0.2) is 48.5 Å². The number of aryl methyl sites for hydroxylation is 1. The van der Waals surface area contributed by atoms with E-state index in [1.807, 2.05) is 19.1 Å². The summed E-state index contributed by atoms with van der Waals surface area (Å²) in [5.41, 5.74) is 2.11. The summed E-state index contributed by atoms with van der Waals surface area (Å²) in [6, 6.07) is 13.2. The van der Waals surface area contributed by atoms with Crippen LogP contribution in [0.4, 0.5) is 11.4 Å². The van der Waals surface area contributed by atoms with Crippen LogP contribution < -0.4 is 9.62 Å². The van der Waals surface area contributed by atoms with Gasteiger partial charge in [0.05, 0.1) is 24.6 Å². The molecule has 0 aliphatic carbocycles. The van der Waals surface area contributed by atoms with Gasteiger partial charge in [-0.15, -0.1) is 0 Å². The van der Waals surface area contributed by atoms with Gasteiger partial charge in [-0.2, -0.15) is 0 Å². The van der Waals surface area contributed by atoms with Crippen LogP contribution >= 0.6 is 0 Å². The molecule has 0 atom stereocenters. The summed E-state index contributed by atoms with van der Waals surface area (Å²) < 4.78 is 30.0. The number of amides is 1. The zero-order valence-corrected chi connectivity index (χ0v) is 16.2. The maximum atomic E-state index is 12.4. The van der Waals surface area contributed by atoms with Crippen molar-refractivity contribution in [3.8, 4) is 0 Å². The van der Waals surface area contributed by atoms with Gasteiger partial charge in [0.25, 0.3) is 0 Å². The van der Waals surface area contributed by atoms with E-state index >= 15 is 0 Å². The molecule has 0 saturated carbocycles. The molecule has 0 fully saturated rings. The fourth-order valence-electron chi connectivity index (χ4n) is 2.46. The first kappa shape index (κ1) is 20.4. The molecule has 2 aromatic rings. The molecule has 0 bridgehead atoms. The monoisotopic (exact) mass is 390 g/mol. The van der Waals surface area contributed by atoms with Gasteiger partial charge in [0.1, 0.15) is 6.54 Å².